The Morgan fingerprint density at radius 2 is 1.79 bits per heavy atom. The van der Waals surface area contributed by atoms with Gasteiger partial charge >= 0.3 is 5.97 Å². The average molecular weight is 441 g/mol. The Morgan fingerprint density at radius 3 is 2.34 bits per heavy atom. The number of ether oxygens (including phenoxy) is 2. The second-order valence-electron chi connectivity index (χ2n) is 5.90. The van der Waals surface area contributed by atoms with Crippen LogP contribution in [0.3, 0.4) is 0 Å². The summed E-state index contributed by atoms with van der Waals surface area (Å²) in [6.45, 7) is 1.48. The SMILES string of the molecule is CCOC(=O)c1ccc(NC(=O)CN(C)S(=O)(=O)c2ccc(OC)cc2)cc1Cl. The van der Waals surface area contributed by atoms with Crippen LogP contribution in [0.4, 0.5) is 5.69 Å². The summed E-state index contributed by atoms with van der Waals surface area (Å²) in [5, 5.41) is 2.66. The lowest BCUT2D eigenvalue weighted by Gasteiger charge is -2.17. The molecule has 0 spiro atoms. The Kier molecular flexibility index (Phi) is 7.60. The molecule has 0 aromatic heterocycles. The van der Waals surface area contributed by atoms with Gasteiger partial charge in [-0.25, -0.2) is 13.2 Å². The van der Waals surface area contributed by atoms with Gasteiger partial charge in [0.15, 0.2) is 0 Å². The number of hydrogen-bond acceptors (Lipinski definition) is 6. The van der Waals surface area contributed by atoms with Gasteiger partial charge in [-0.1, -0.05) is 11.6 Å². The van der Waals surface area contributed by atoms with E-state index in [2.05, 4.69) is 5.32 Å². The number of hydrogen-bond donors (Lipinski definition) is 1. The molecule has 8 nitrogen and oxygen atoms in total. The van der Waals surface area contributed by atoms with Crippen LogP contribution >= 0.6 is 11.6 Å². The van der Waals surface area contributed by atoms with Gasteiger partial charge in [0.25, 0.3) is 0 Å². The second-order valence-corrected chi connectivity index (χ2v) is 8.35. The predicted molar refractivity (Wildman–Crippen MR) is 109 cm³/mol. The quantitative estimate of drug-likeness (QED) is 0.633. The zero-order valence-corrected chi connectivity index (χ0v) is 17.7. The zero-order valence-electron chi connectivity index (χ0n) is 16.1. The van der Waals surface area contributed by atoms with Crippen LogP contribution < -0.4 is 10.1 Å². The van der Waals surface area contributed by atoms with Crippen molar-refractivity contribution in [1.29, 1.82) is 0 Å². The molecule has 0 aliphatic carbocycles. The molecule has 0 fully saturated rings. The van der Waals surface area contributed by atoms with Crippen LogP contribution in [-0.2, 0) is 19.6 Å². The molecule has 0 unspecified atom stereocenters. The Balaban J connectivity index is 2.05. The molecule has 0 heterocycles. The topological polar surface area (TPSA) is 102 Å². The predicted octanol–water partition coefficient (Wildman–Crippen LogP) is 2.78. The Bertz CT molecular complexity index is 992. The first-order valence-electron chi connectivity index (χ1n) is 8.56. The molecule has 0 aliphatic rings. The summed E-state index contributed by atoms with van der Waals surface area (Å²) in [4.78, 5) is 24.1. The van der Waals surface area contributed by atoms with Crippen molar-refractivity contribution in [1.82, 2.24) is 4.31 Å². The number of nitrogens with zero attached hydrogens (tertiary/aromatic N) is 1. The first kappa shape index (κ1) is 22.7. The highest BCUT2D eigenvalue weighted by Gasteiger charge is 2.23. The average Bonchev–Trinajstić information content (AvgIpc) is 2.68. The maximum atomic E-state index is 12.6. The molecule has 1 amide bonds. The van der Waals surface area contributed by atoms with Gasteiger partial charge in [0.1, 0.15) is 5.75 Å². The second kappa shape index (κ2) is 9.73. The van der Waals surface area contributed by atoms with Gasteiger partial charge in [0, 0.05) is 12.7 Å². The minimum absolute atomic E-state index is 0.0374. The summed E-state index contributed by atoms with van der Waals surface area (Å²) in [5.41, 5.74) is 0.494. The van der Waals surface area contributed by atoms with Gasteiger partial charge in [-0.2, -0.15) is 4.31 Å². The zero-order chi connectivity index (χ0) is 21.6. The minimum Gasteiger partial charge on any atom is -0.497 e. The number of methoxy groups -OCH3 is 1. The fraction of sp³-hybridized carbons (Fsp3) is 0.263. The number of amides is 1. The normalized spacial score (nSPS) is 11.2. The Labute approximate surface area is 174 Å². The lowest BCUT2D eigenvalue weighted by atomic mass is 10.2. The van der Waals surface area contributed by atoms with E-state index in [1.165, 1.54) is 56.6 Å². The molecule has 0 aliphatic heterocycles. The van der Waals surface area contributed by atoms with E-state index < -0.39 is 28.4 Å². The summed E-state index contributed by atoms with van der Waals surface area (Å²) >= 11 is 6.06. The van der Waals surface area contributed by atoms with Crippen molar-refractivity contribution < 1.29 is 27.5 Å². The van der Waals surface area contributed by atoms with Gasteiger partial charge in [-0.05, 0) is 49.4 Å². The molecular weight excluding hydrogens is 420 g/mol. The third-order valence-corrected chi connectivity index (χ3v) is 6.01. The molecule has 29 heavy (non-hydrogen) atoms. The molecule has 0 radical (unpaired) electrons. The standard InChI is InChI=1S/C19H21ClN2O6S/c1-4-28-19(24)16-10-5-13(11-17(16)20)21-18(23)12-22(2)29(25,26)15-8-6-14(27-3)7-9-15/h5-11H,4,12H2,1-3H3,(H,21,23). The van der Waals surface area contributed by atoms with Crippen LogP contribution in [-0.4, -0.2) is 51.9 Å². The van der Waals surface area contributed by atoms with E-state index in [-0.39, 0.29) is 22.1 Å². The van der Waals surface area contributed by atoms with E-state index in [0.717, 1.165) is 4.31 Å². The molecule has 1 N–H and O–H groups in total. The van der Waals surface area contributed by atoms with Crippen LogP contribution in [0.5, 0.6) is 5.75 Å². The maximum absolute atomic E-state index is 12.6. The number of benzene rings is 2. The van der Waals surface area contributed by atoms with Crippen molar-refractivity contribution in [2.24, 2.45) is 0 Å². The van der Waals surface area contributed by atoms with Crippen LogP contribution in [0.2, 0.25) is 5.02 Å². The number of sulfonamides is 1. The number of carbonyl (C=O) groups excluding carboxylic acids is 2. The van der Waals surface area contributed by atoms with Gasteiger partial charge in [0.05, 0.1) is 35.7 Å². The van der Waals surface area contributed by atoms with Gasteiger partial charge in [-0.3, -0.25) is 4.79 Å². The van der Waals surface area contributed by atoms with Crippen LogP contribution in [0.25, 0.3) is 0 Å². The van der Waals surface area contributed by atoms with Crippen molar-refractivity contribution in [3.8, 4) is 5.75 Å². The molecule has 0 bridgehead atoms. The first-order valence-corrected chi connectivity index (χ1v) is 10.4. The molecule has 0 saturated heterocycles. The van der Waals surface area contributed by atoms with E-state index in [1.807, 2.05) is 0 Å². The minimum atomic E-state index is -3.85. The fourth-order valence-electron chi connectivity index (χ4n) is 2.38. The van der Waals surface area contributed by atoms with Crippen LogP contribution in [0.15, 0.2) is 47.4 Å². The van der Waals surface area contributed by atoms with E-state index >= 15 is 0 Å². The molecule has 0 atom stereocenters. The lowest BCUT2D eigenvalue weighted by Crippen LogP contribution is -2.34. The molecule has 2 aromatic carbocycles. The Morgan fingerprint density at radius 1 is 1.14 bits per heavy atom. The van der Waals surface area contributed by atoms with Crippen molar-refractivity contribution in [3.63, 3.8) is 0 Å². The number of likely N-dealkylation sites (N-methyl/N-ethyl adjacent to an activating group) is 1. The van der Waals surface area contributed by atoms with E-state index in [0.29, 0.717) is 11.4 Å². The number of nitrogens with one attached hydrogen (secondary N) is 1. The monoisotopic (exact) mass is 440 g/mol. The summed E-state index contributed by atoms with van der Waals surface area (Å²) in [6.07, 6.45) is 0. The molecule has 156 valence electrons. The van der Waals surface area contributed by atoms with Crippen LogP contribution in [0, 0.1) is 0 Å². The lowest BCUT2D eigenvalue weighted by molar-refractivity contribution is -0.116. The number of rotatable bonds is 8. The summed E-state index contributed by atoms with van der Waals surface area (Å²) in [7, 11) is -1.07. The largest absolute Gasteiger partial charge is 0.497 e. The van der Waals surface area contributed by atoms with Crippen molar-refractivity contribution in [2.75, 3.05) is 32.6 Å². The number of halogens is 1. The van der Waals surface area contributed by atoms with Gasteiger partial charge in [-0.15, -0.1) is 0 Å². The third-order valence-electron chi connectivity index (χ3n) is 3.88. The number of esters is 1. The summed E-state index contributed by atoms with van der Waals surface area (Å²) < 4.78 is 36.0. The number of anilines is 1. The first-order chi connectivity index (χ1) is 13.7. The van der Waals surface area contributed by atoms with E-state index in [9.17, 15) is 18.0 Å². The summed E-state index contributed by atoms with van der Waals surface area (Å²) in [6, 6.07) is 10.1. The van der Waals surface area contributed by atoms with E-state index in [4.69, 9.17) is 21.1 Å². The summed E-state index contributed by atoms with van der Waals surface area (Å²) in [5.74, 6) is -0.613. The fourth-order valence-corrected chi connectivity index (χ4v) is 3.77. The molecule has 0 saturated carbocycles. The van der Waals surface area contributed by atoms with Crippen molar-refractivity contribution in [3.05, 3.63) is 53.1 Å². The van der Waals surface area contributed by atoms with Crippen molar-refractivity contribution in [2.45, 2.75) is 11.8 Å². The van der Waals surface area contributed by atoms with Gasteiger partial charge < -0.3 is 14.8 Å². The highest BCUT2D eigenvalue weighted by atomic mass is 35.5. The molecular formula is C19H21ClN2O6S. The van der Waals surface area contributed by atoms with Crippen molar-refractivity contribution >= 4 is 39.2 Å². The highest BCUT2D eigenvalue weighted by Crippen LogP contribution is 2.22. The molecule has 2 rings (SSSR count). The third kappa shape index (κ3) is 5.69. The van der Waals surface area contributed by atoms with Crippen LogP contribution in [0.1, 0.15) is 17.3 Å². The smallest absolute Gasteiger partial charge is 0.339 e. The highest BCUT2D eigenvalue weighted by molar-refractivity contribution is 7.89. The number of carbonyl (C=O) groups is 2. The Hall–Kier alpha value is -2.62. The molecule has 10 heteroatoms. The molecule has 2 aromatic rings. The maximum Gasteiger partial charge on any atom is 0.339 e. The van der Waals surface area contributed by atoms with E-state index in [1.54, 1.807) is 6.92 Å². The van der Waals surface area contributed by atoms with Gasteiger partial charge in [0.2, 0.25) is 15.9 Å².